The fourth-order valence-corrected chi connectivity index (χ4v) is 5.49. The molecule has 0 N–H and O–H groups in total. The van der Waals surface area contributed by atoms with Crippen molar-refractivity contribution in [2.45, 2.75) is 70.0 Å². The highest BCUT2D eigenvalue weighted by molar-refractivity contribution is 5.28. The van der Waals surface area contributed by atoms with Crippen LogP contribution in [0.4, 0.5) is 0 Å². The number of aromatic nitrogens is 4. The highest BCUT2D eigenvalue weighted by atomic mass is 15.6. The molecule has 3 fully saturated rings. The average Bonchev–Trinajstić information content (AvgIpc) is 3.40. The Morgan fingerprint density at radius 2 is 1.68 bits per heavy atom. The minimum Gasteiger partial charge on any atom is -0.298 e. The molecular formula is C22H32N6. The van der Waals surface area contributed by atoms with Crippen LogP contribution in [0.2, 0.25) is 0 Å². The number of fused-ring (bicyclic) bond motifs is 1. The van der Waals surface area contributed by atoms with E-state index in [0.717, 1.165) is 25.5 Å². The fourth-order valence-electron chi connectivity index (χ4n) is 5.49. The summed E-state index contributed by atoms with van der Waals surface area (Å²) >= 11 is 0. The number of tetrazole rings is 1. The molecule has 2 saturated heterocycles. The van der Waals surface area contributed by atoms with Crippen LogP contribution < -0.4 is 0 Å². The summed E-state index contributed by atoms with van der Waals surface area (Å²) in [5, 5.41) is 13.2. The smallest absolute Gasteiger partial charge is 0.173 e. The number of benzene rings is 1. The molecule has 1 aliphatic carbocycles. The quantitative estimate of drug-likeness (QED) is 0.814. The lowest BCUT2D eigenvalue weighted by Gasteiger charge is -2.41. The van der Waals surface area contributed by atoms with Crippen molar-refractivity contribution >= 4 is 0 Å². The van der Waals surface area contributed by atoms with Gasteiger partial charge >= 0.3 is 0 Å². The van der Waals surface area contributed by atoms with Crippen LogP contribution in [0.1, 0.15) is 74.0 Å². The zero-order chi connectivity index (χ0) is 18.9. The van der Waals surface area contributed by atoms with Gasteiger partial charge in [-0.3, -0.25) is 9.80 Å². The van der Waals surface area contributed by atoms with E-state index in [2.05, 4.69) is 61.2 Å². The van der Waals surface area contributed by atoms with Gasteiger partial charge < -0.3 is 0 Å². The average molecular weight is 381 g/mol. The van der Waals surface area contributed by atoms with Crippen LogP contribution in [0.15, 0.2) is 24.3 Å². The van der Waals surface area contributed by atoms with Gasteiger partial charge in [0.2, 0.25) is 0 Å². The molecule has 5 rings (SSSR count). The van der Waals surface area contributed by atoms with Crippen molar-refractivity contribution in [1.82, 2.24) is 30.0 Å². The van der Waals surface area contributed by atoms with Gasteiger partial charge in [0, 0.05) is 25.7 Å². The fraction of sp³-hybridized carbons (Fsp3) is 0.682. The molecule has 1 aromatic carbocycles. The lowest BCUT2D eigenvalue weighted by Crippen LogP contribution is -2.51. The largest absolute Gasteiger partial charge is 0.298 e. The van der Waals surface area contributed by atoms with Crippen molar-refractivity contribution in [1.29, 1.82) is 0 Å². The summed E-state index contributed by atoms with van der Waals surface area (Å²) < 4.78 is 2.17. The van der Waals surface area contributed by atoms with Gasteiger partial charge in [0.25, 0.3) is 0 Å². The Morgan fingerprint density at radius 3 is 2.50 bits per heavy atom. The van der Waals surface area contributed by atoms with Crippen LogP contribution in [-0.2, 0) is 0 Å². The Kier molecular flexibility index (Phi) is 5.16. The van der Waals surface area contributed by atoms with Crippen LogP contribution in [0.5, 0.6) is 0 Å². The molecule has 2 aliphatic heterocycles. The first-order valence-electron chi connectivity index (χ1n) is 11.1. The van der Waals surface area contributed by atoms with Gasteiger partial charge in [0.15, 0.2) is 5.82 Å². The molecule has 6 heteroatoms. The van der Waals surface area contributed by atoms with E-state index in [-0.39, 0.29) is 6.04 Å². The summed E-state index contributed by atoms with van der Waals surface area (Å²) in [6, 6.07) is 10.3. The molecule has 0 amide bonds. The van der Waals surface area contributed by atoms with Crippen LogP contribution in [-0.4, -0.2) is 62.2 Å². The Balaban J connectivity index is 1.50. The summed E-state index contributed by atoms with van der Waals surface area (Å²) in [6.07, 6.45) is 9.00. The summed E-state index contributed by atoms with van der Waals surface area (Å²) in [6.45, 7) is 6.80. The second-order valence-corrected chi connectivity index (χ2v) is 8.91. The molecule has 6 nitrogen and oxygen atoms in total. The molecule has 2 atom stereocenters. The summed E-state index contributed by atoms with van der Waals surface area (Å²) in [5.41, 5.74) is 2.62. The third-order valence-corrected chi connectivity index (χ3v) is 7.06. The van der Waals surface area contributed by atoms with Gasteiger partial charge in [-0.15, -0.1) is 5.10 Å². The van der Waals surface area contributed by atoms with E-state index in [9.17, 15) is 0 Å². The van der Waals surface area contributed by atoms with Crippen molar-refractivity contribution in [2.24, 2.45) is 0 Å². The molecule has 0 unspecified atom stereocenters. The minimum atomic E-state index is 0.153. The Bertz CT molecular complexity index is 779. The minimum absolute atomic E-state index is 0.153. The number of hydrogen-bond donors (Lipinski definition) is 0. The van der Waals surface area contributed by atoms with Gasteiger partial charge in [-0.2, -0.15) is 0 Å². The third kappa shape index (κ3) is 3.48. The van der Waals surface area contributed by atoms with Gasteiger partial charge in [0.05, 0.1) is 12.1 Å². The number of rotatable bonds is 4. The van der Waals surface area contributed by atoms with E-state index < -0.39 is 0 Å². The van der Waals surface area contributed by atoms with E-state index >= 15 is 0 Å². The van der Waals surface area contributed by atoms with Crippen molar-refractivity contribution in [3.05, 3.63) is 41.2 Å². The number of nitrogens with zero attached hydrogens (tertiary/aromatic N) is 6. The summed E-state index contributed by atoms with van der Waals surface area (Å²) in [4.78, 5) is 5.31. The molecule has 28 heavy (non-hydrogen) atoms. The van der Waals surface area contributed by atoms with Gasteiger partial charge in [-0.1, -0.05) is 49.1 Å². The van der Waals surface area contributed by atoms with Gasteiger partial charge in [-0.05, 0) is 55.1 Å². The van der Waals surface area contributed by atoms with Crippen molar-refractivity contribution in [2.75, 3.05) is 26.2 Å². The first-order valence-corrected chi connectivity index (χ1v) is 11.1. The first kappa shape index (κ1) is 18.3. The van der Waals surface area contributed by atoms with E-state index in [0.29, 0.717) is 12.1 Å². The molecule has 0 radical (unpaired) electrons. The molecule has 3 aliphatic rings. The zero-order valence-corrected chi connectivity index (χ0v) is 17.0. The van der Waals surface area contributed by atoms with E-state index in [1.807, 2.05) is 0 Å². The maximum atomic E-state index is 4.60. The third-order valence-electron chi connectivity index (χ3n) is 7.06. The number of aryl methyl sites for hydroxylation is 1. The number of hydrogen-bond acceptors (Lipinski definition) is 5. The monoisotopic (exact) mass is 380 g/mol. The molecule has 2 aromatic rings. The zero-order valence-electron chi connectivity index (χ0n) is 17.0. The highest BCUT2D eigenvalue weighted by Crippen LogP contribution is 2.35. The maximum Gasteiger partial charge on any atom is 0.173 e. The predicted molar refractivity (Wildman–Crippen MR) is 109 cm³/mol. The van der Waals surface area contributed by atoms with E-state index in [1.54, 1.807) is 0 Å². The number of piperazine rings is 1. The van der Waals surface area contributed by atoms with Crippen molar-refractivity contribution in [3.8, 4) is 0 Å². The molecule has 150 valence electrons. The molecule has 1 aromatic heterocycles. The van der Waals surface area contributed by atoms with Gasteiger partial charge in [-0.25, -0.2) is 4.68 Å². The van der Waals surface area contributed by atoms with E-state index in [1.165, 1.54) is 62.6 Å². The summed E-state index contributed by atoms with van der Waals surface area (Å²) in [7, 11) is 0. The van der Waals surface area contributed by atoms with Gasteiger partial charge in [0.1, 0.15) is 0 Å². The highest BCUT2D eigenvalue weighted by Gasteiger charge is 2.37. The Hall–Kier alpha value is -1.79. The molecule has 0 bridgehead atoms. The summed E-state index contributed by atoms with van der Waals surface area (Å²) in [5.74, 6) is 1.04. The molecule has 3 heterocycles. The van der Waals surface area contributed by atoms with Crippen molar-refractivity contribution < 1.29 is 0 Å². The SMILES string of the molecule is Cc1ccc([C@@H](c2nnnn2C2CCCCC2)N2CCN3CCC[C@@H]3C2)cc1. The Morgan fingerprint density at radius 1 is 0.893 bits per heavy atom. The Labute approximate surface area is 167 Å². The van der Waals surface area contributed by atoms with Crippen LogP contribution in [0.25, 0.3) is 0 Å². The molecule has 1 saturated carbocycles. The topological polar surface area (TPSA) is 50.1 Å². The normalized spacial score (nSPS) is 25.7. The molecular weight excluding hydrogens is 348 g/mol. The lowest BCUT2D eigenvalue weighted by molar-refractivity contribution is 0.0781. The lowest BCUT2D eigenvalue weighted by atomic mass is 9.94. The second kappa shape index (κ2) is 7.91. The molecule has 0 spiro atoms. The van der Waals surface area contributed by atoms with Crippen LogP contribution in [0, 0.1) is 6.92 Å². The standard InChI is InChI=1S/C22H32N6/c1-17-9-11-18(12-10-17)21(27-15-14-26-13-5-8-20(26)16-27)22-23-24-25-28(22)19-6-3-2-4-7-19/h9-12,19-21H,2-8,13-16H2,1H3/t20-,21+/m1/s1. The first-order chi connectivity index (χ1) is 13.8. The maximum absolute atomic E-state index is 4.60. The predicted octanol–water partition coefficient (Wildman–Crippen LogP) is 3.36. The second-order valence-electron chi connectivity index (χ2n) is 8.91. The van der Waals surface area contributed by atoms with Crippen LogP contribution in [0.3, 0.4) is 0 Å². The van der Waals surface area contributed by atoms with Crippen molar-refractivity contribution in [3.63, 3.8) is 0 Å². The van der Waals surface area contributed by atoms with E-state index in [4.69, 9.17) is 0 Å². The van der Waals surface area contributed by atoms with Crippen LogP contribution >= 0.6 is 0 Å².